The maximum absolute atomic E-state index is 12.8. The number of hydrogen-bond donors (Lipinski definition) is 2. The highest BCUT2D eigenvalue weighted by molar-refractivity contribution is 5.93. The number of ether oxygens (including phenoxy) is 1. The van der Waals surface area contributed by atoms with Crippen LogP contribution < -0.4 is 0 Å². The molecule has 1 amide bonds. The van der Waals surface area contributed by atoms with Crippen LogP contribution in [-0.4, -0.2) is 69.5 Å². The zero-order valence-electron chi connectivity index (χ0n) is 14.9. The van der Waals surface area contributed by atoms with Crippen molar-refractivity contribution in [2.75, 3.05) is 26.3 Å². The molecule has 1 saturated heterocycles. The van der Waals surface area contributed by atoms with Gasteiger partial charge in [0.25, 0.3) is 5.91 Å². The molecular weight excluding hydrogens is 322 g/mol. The lowest BCUT2D eigenvalue weighted by Gasteiger charge is -2.26. The monoisotopic (exact) mass is 351 g/mol. The van der Waals surface area contributed by atoms with Crippen LogP contribution in [0.15, 0.2) is 12.4 Å². The van der Waals surface area contributed by atoms with E-state index >= 15 is 0 Å². The number of aliphatic hydroxyl groups excluding tert-OH is 2. The van der Waals surface area contributed by atoms with Crippen LogP contribution in [0.1, 0.15) is 54.7 Å². The van der Waals surface area contributed by atoms with Crippen molar-refractivity contribution < 1.29 is 19.7 Å². The fourth-order valence-corrected chi connectivity index (χ4v) is 2.91. The Morgan fingerprint density at radius 2 is 1.80 bits per heavy atom. The first-order valence-electron chi connectivity index (χ1n) is 9.10. The number of aliphatic hydroxyl groups is 2. The second-order valence-corrected chi connectivity index (χ2v) is 6.55. The molecule has 2 heterocycles. The van der Waals surface area contributed by atoms with Crippen LogP contribution >= 0.6 is 0 Å². The van der Waals surface area contributed by atoms with E-state index in [9.17, 15) is 15.0 Å². The summed E-state index contributed by atoms with van der Waals surface area (Å²) in [6.07, 6.45) is 6.60. The molecule has 1 aromatic rings. The van der Waals surface area contributed by atoms with E-state index in [4.69, 9.17) is 4.74 Å². The molecule has 1 aliphatic rings. The van der Waals surface area contributed by atoms with Gasteiger partial charge in [0.15, 0.2) is 0 Å². The highest BCUT2D eigenvalue weighted by Gasteiger charge is 2.23. The largest absolute Gasteiger partial charge is 0.390 e. The van der Waals surface area contributed by atoms with E-state index in [1.165, 1.54) is 6.20 Å². The molecule has 7 heteroatoms. The van der Waals surface area contributed by atoms with Gasteiger partial charge in [-0.3, -0.25) is 9.78 Å². The number of rotatable bonds is 1. The molecule has 140 valence electrons. The van der Waals surface area contributed by atoms with Crippen molar-refractivity contribution in [3.05, 3.63) is 23.8 Å². The number of aryl methyl sites for hydroxylation is 1. The van der Waals surface area contributed by atoms with E-state index in [2.05, 4.69) is 9.97 Å². The first kappa shape index (κ1) is 19.8. The number of amides is 1. The van der Waals surface area contributed by atoms with Gasteiger partial charge in [-0.1, -0.05) is 19.3 Å². The molecule has 0 bridgehead atoms. The van der Waals surface area contributed by atoms with Crippen LogP contribution in [0.4, 0.5) is 0 Å². The molecule has 0 spiro atoms. The summed E-state index contributed by atoms with van der Waals surface area (Å²) < 4.78 is 5.41. The Balaban J connectivity index is 2.04. The van der Waals surface area contributed by atoms with Crippen LogP contribution in [0.25, 0.3) is 0 Å². The standard InChI is InChI=1S/C18H29N3O4/c1-14-17(20-9-8-19-14)18(24)21-10-5-3-2-4-6-12-25-13-16(23)15(22)7-11-21/h8-9,15-16,22-23H,2-7,10-13H2,1H3/t15-,16+/m0/s1. The Kier molecular flexibility index (Phi) is 8.24. The second-order valence-electron chi connectivity index (χ2n) is 6.55. The Hall–Kier alpha value is -1.57. The quantitative estimate of drug-likeness (QED) is 0.792. The lowest BCUT2D eigenvalue weighted by atomic mass is 10.1. The Morgan fingerprint density at radius 1 is 1.08 bits per heavy atom. The molecule has 2 N–H and O–H groups in total. The minimum Gasteiger partial charge on any atom is -0.390 e. The first-order chi connectivity index (χ1) is 12.1. The first-order valence-corrected chi connectivity index (χ1v) is 9.10. The third-order valence-electron chi connectivity index (χ3n) is 4.52. The summed E-state index contributed by atoms with van der Waals surface area (Å²) in [7, 11) is 0. The molecule has 25 heavy (non-hydrogen) atoms. The summed E-state index contributed by atoms with van der Waals surface area (Å²) in [6.45, 7) is 3.49. The normalized spacial score (nSPS) is 24.5. The summed E-state index contributed by atoms with van der Waals surface area (Å²) >= 11 is 0. The van der Waals surface area contributed by atoms with E-state index in [-0.39, 0.29) is 12.5 Å². The highest BCUT2D eigenvalue weighted by Crippen LogP contribution is 2.12. The number of nitrogens with zero attached hydrogens (tertiary/aromatic N) is 3. The molecule has 1 aromatic heterocycles. The van der Waals surface area contributed by atoms with Crippen molar-refractivity contribution in [3.63, 3.8) is 0 Å². The van der Waals surface area contributed by atoms with Gasteiger partial charge in [-0.25, -0.2) is 4.98 Å². The summed E-state index contributed by atoms with van der Waals surface area (Å²) in [4.78, 5) is 22.8. The van der Waals surface area contributed by atoms with Gasteiger partial charge in [0.2, 0.25) is 0 Å². The van der Waals surface area contributed by atoms with E-state index in [0.717, 1.165) is 32.1 Å². The molecule has 0 aromatic carbocycles. The van der Waals surface area contributed by atoms with Gasteiger partial charge in [-0.15, -0.1) is 0 Å². The second kappa shape index (κ2) is 10.4. The summed E-state index contributed by atoms with van der Waals surface area (Å²) in [6, 6.07) is 0. The summed E-state index contributed by atoms with van der Waals surface area (Å²) in [5.74, 6) is -0.171. The lowest BCUT2D eigenvalue weighted by molar-refractivity contribution is -0.0434. The molecule has 0 radical (unpaired) electrons. The van der Waals surface area contributed by atoms with E-state index in [1.807, 2.05) is 0 Å². The average Bonchev–Trinajstić information content (AvgIpc) is 2.61. The highest BCUT2D eigenvalue weighted by atomic mass is 16.5. The molecular formula is C18H29N3O4. The van der Waals surface area contributed by atoms with Crippen molar-refractivity contribution in [3.8, 4) is 0 Å². The SMILES string of the molecule is Cc1nccnc1C(=O)N1CCCCCCCOC[C@@H](O)[C@@H](O)CC1. The maximum Gasteiger partial charge on any atom is 0.274 e. The van der Waals surface area contributed by atoms with Gasteiger partial charge in [0.05, 0.1) is 18.4 Å². The Bertz CT molecular complexity index is 541. The number of carbonyl (C=O) groups excluding carboxylic acids is 1. The number of hydrogen-bond acceptors (Lipinski definition) is 6. The van der Waals surface area contributed by atoms with Crippen molar-refractivity contribution >= 4 is 5.91 Å². The molecule has 1 fully saturated rings. The lowest BCUT2D eigenvalue weighted by Crippen LogP contribution is -2.39. The Morgan fingerprint density at radius 3 is 2.60 bits per heavy atom. The van der Waals surface area contributed by atoms with Crippen LogP contribution in [0, 0.1) is 6.92 Å². The zero-order valence-corrected chi connectivity index (χ0v) is 14.9. The van der Waals surface area contributed by atoms with Crippen LogP contribution in [0.3, 0.4) is 0 Å². The van der Waals surface area contributed by atoms with E-state index in [1.54, 1.807) is 18.0 Å². The van der Waals surface area contributed by atoms with Crippen molar-refractivity contribution in [1.82, 2.24) is 14.9 Å². The average molecular weight is 351 g/mol. The van der Waals surface area contributed by atoms with Gasteiger partial charge in [0, 0.05) is 32.1 Å². The third-order valence-corrected chi connectivity index (χ3v) is 4.52. The van der Waals surface area contributed by atoms with Gasteiger partial charge in [0.1, 0.15) is 11.8 Å². The number of aromatic nitrogens is 2. The molecule has 7 nitrogen and oxygen atoms in total. The molecule has 2 atom stereocenters. The topological polar surface area (TPSA) is 95.8 Å². The maximum atomic E-state index is 12.8. The molecule has 2 rings (SSSR count). The van der Waals surface area contributed by atoms with E-state index < -0.39 is 12.2 Å². The zero-order chi connectivity index (χ0) is 18.1. The van der Waals surface area contributed by atoms with Crippen molar-refractivity contribution in [1.29, 1.82) is 0 Å². The van der Waals surface area contributed by atoms with Crippen molar-refractivity contribution in [2.24, 2.45) is 0 Å². The predicted molar refractivity (Wildman–Crippen MR) is 93.2 cm³/mol. The third kappa shape index (κ3) is 6.34. The summed E-state index contributed by atoms with van der Waals surface area (Å²) in [5, 5.41) is 20.1. The van der Waals surface area contributed by atoms with Crippen LogP contribution in [-0.2, 0) is 4.74 Å². The minimum absolute atomic E-state index is 0.123. The molecule has 0 saturated carbocycles. The molecule has 0 unspecified atom stereocenters. The summed E-state index contributed by atoms with van der Waals surface area (Å²) in [5.41, 5.74) is 0.947. The van der Waals surface area contributed by atoms with Gasteiger partial charge < -0.3 is 19.8 Å². The predicted octanol–water partition coefficient (Wildman–Crippen LogP) is 1.32. The van der Waals surface area contributed by atoms with Gasteiger partial charge >= 0.3 is 0 Å². The molecule has 0 aliphatic carbocycles. The Labute approximate surface area is 149 Å². The fourth-order valence-electron chi connectivity index (χ4n) is 2.91. The molecule has 1 aliphatic heterocycles. The van der Waals surface area contributed by atoms with Crippen molar-refractivity contribution in [2.45, 2.75) is 57.7 Å². The van der Waals surface area contributed by atoms with Gasteiger partial charge in [-0.05, 0) is 26.2 Å². The fraction of sp³-hybridized carbons (Fsp3) is 0.722. The van der Waals surface area contributed by atoms with Crippen LogP contribution in [0.5, 0.6) is 0 Å². The van der Waals surface area contributed by atoms with E-state index in [0.29, 0.717) is 37.5 Å². The van der Waals surface area contributed by atoms with Crippen LogP contribution in [0.2, 0.25) is 0 Å². The van der Waals surface area contributed by atoms with Gasteiger partial charge in [-0.2, -0.15) is 0 Å². The minimum atomic E-state index is -0.932. The smallest absolute Gasteiger partial charge is 0.274 e. The number of carbonyl (C=O) groups is 1.